The summed E-state index contributed by atoms with van der Waals surface area (Å²) in [4.78, 5) is 0.295. The van der Waals surface area contributed by atoms with E-state index in [9.17, 15) is 8.42 Å². The van der Waals surface area contributed by atoms with E-state index in [0.717, 1.165) is 12.1 Å². The molecule has 0 aliphatic carbocycles. The normalized spacial score (nSPS) is 13.9. The van der Waals surface area contributed by atoms with Crippen LogP contribution in [0.5, 0.6) is 0 Å². The number of nitrogens with two attached hydrogens (primary N) is 1. The third kappa shape index (κ3) is 4.51. The Labute approximate surface area is 126 Å². The molecule has 0 bridgehead atoms. The van der Waals surface area contributed by atoms with Crippen molar-refractivity contribution in [1.82, 2.24) is 9.29 Å². The Bertz CT molecular complexity index is 524. The molecule has 20 heavy (non-hydrogen) atoms. The fourth-order valence-electron chi connectivity index (χ4n) is 1.89. The Balaban J connectivity index is 2.82. The lowest BCUT2D eigenvalue weighted by molar-refractivity contribution is 0.568. The van der Waals surface area contributed by atoms with Crippen molar-refractivity contribution < 1.29 is 8.42 Å². The van der Waals surface area contributed by atoms with Crippen LogP contribution in [0.4, 0.5) is 0 Å². The van der Waals surface area contributed by atoms with E-state index in [4.69, 9.17) is 5.73 Å². The zero-order valence-corrected chi connectivity index (χ0v) is 14.2. The molecule has 1 aromatic rings. The Hall–Kier alpha value is -0.500. The van der Waals surface area contributed by atoms with Gasteiger partial charge in [-0.25, -0.2) is 13.1 Å². The summed E-state index contributed by atoms with van der Waals surface area (Å²) in [5, 5.41) is 0.442. The lowest BCUT2D eigenvalue weighted by atomic mass is 10.3. The van der Waals surface area contributed by atoms with E-state index in [-0.39, 0.29) is 6.04 Å². The molecular weight excluding hydrogens is 294 g/mol. The lowest BCUT2D eigenvalue weighted by Gasteiger charge is -2.11. The predicted octanol–water partition coefficient (Wildman–Crippen LogP) is 1.95. The highest BCUT2D eigenvalue weighted by Crippen LogP contribution is 2.18. The Morgan fingerprint density at radius 1 is 1.40 bits per heavy atom. The summed E-state index contributed by atoms with van der Waals surface area (Å²) in [6.07, 6.45) is 4.50. The van der Waals surface area contributed by atoms with Gasteiger partial charge in [0, 0.05) is 36.3 Å². The van der Waals surface area contributed by atoms with Crippen molar-refractivity contribution in [2.24, 2.45) is 5.73 Å². The second kappa shape index (κ2) is 7.49. The van der Waals surface area contributed by atoms with Crippen LogP contribution >= 0.6 is 11.8 Å². The fourth-order valence-corrected chi connectivity index (χ4v) is 3.34. The van der Waals surface area contributed by atoms with E-state index in [1.807, 2.05) is 24.7 Å². The molecule has 0 aromatic carbocycles. The zero-order valence-electron chi connectivity index (χ0n) is 12.6. The van der Waals surface area contributed by atoms with Crippen LogP contribution in [0.3, 0.4) is 0 Å². The third-order valence-corrected chi connectivity index (χ3v) is 5.70. The van der Waals surface area contributed by atoms with E-state index in [1.54, 1.807) is 24.0 Å². The second-order valence-electron chi connectivity index (χ2n) is 5.11. The van der Waals surface area contributed by atoms with Crippen LogP contribution in [0, 0.1) is 0 Å². The van der Waals surface area contributed by atoms with Gasteiger partial charge in [0.1, 0.15) is 0 Å². The first kappa shape index (κ1) is 17.6. The highest BCUT2D eigenvalue weighted by atomic mass is 32.2. The number of nitrogens with zero attached hydrogens (tertiary/aromatic N) is 1. The first-order valence-corrected chi connectivity index (χ1v) is 9.52. The maximum absolute atomic E-state index is 12.2. The highest BCUT2D eigenvalue weighted by Gasteiger charge is 2.18. The molecule has 1 atom stereocenters. The molecule has 1 aromatic heterocycles. The quantitative estimate of drug-likeness (QED) is 0.768. The summed E-state index contributed by atoms with van der Waals surface area (Å²) in [5.74, 6) is 0. The van der Waals surface area contributed by atoms with Crippen LogP contribution in [-0.4, -0.2) is 31.0 Å². The van der Waals surface area contributed by atoms with Crippen molar-refractivity contribution in [3.05, 3.63) is 18.0 Å². The molecule has 1 heterocycles. The number of hydrogen-bond donors (Lipinski definition) is 2. The fraction of sp³-hybridized carbons (Fsp3) is 0.692. The Kier molecular flexibility index (Phi) is 6.57. The number of hydrogen-bond acceptors (Lipinski definition) is 4. The minimum atomic E-state index is -3.45. The monoisotopic (exact) mass is 319 g/mol. The second-order valence-corrected chi connectivity index (χ2v) is 8.15. The average Bonchev–Trinajstić information content (AvgIpc) is 2.83. The topological polar surface area (TPSA) is 77.1 Å². The van der Waals surface area contributed by atoms with E-state index in [1.165, 1.54) is 0 Å². The minimum absolute atomic E-state index is 0.189. The van der Waals surface area contributed by atoms with Gasteiger partial charge in [-0.15, -0.1) is 0 Å². The smallest absolute Gasteiger partial charge is 0.242 e. The Morgan fingerprint density at radius 3 is 2.50 bits per heavy atom. The maximum atomic E-state index is 12.2. The Morgan fingerprint density at radius 2 is 2.05 bits per heavy atom. The van der Waals surface area contributed by atoms with Gasteiger partial charge in [0.2, 0.25) is 10.0 Å². The molecule has 3 N–H and O–H groups in total. The molecule has 1 rings (SSSR count). The third-order valence-electron chi connectivity index (χ3n) is 3.23. The van der Waals surface area contributed by atoms with Gasteiger partial charge in [0.15, 0.2) is 0 Å². The molecule has 0 aliphatic rings. The summed E-state index contributed by atoms with van der Waals surface area (Å²) >= 11 is 1.73. The van der Waals surface area contributed by atoms with Gasteiger partial charge in [0.05, 0.1) is 4.90 Å². The summed E-state index contributed by atoms with van der Waals surface area (Å²) in [5.41, 5.74) is 6.50. The lowest BCUT2D eigenvalue weighted by Crippen LogP contribution is -2.26. The van der Waals surface area contributed by atoms with E-state index >= 15 is 0 Å². The van der Waals surface area contributed by atoms with E-state index in [0.29, 0.717) is 23.2 Å². The molecule has 0 fully saturated rings. The van der Waals surface area contributed by atoms with Crippen molar-refractivity contribution in [3.63, 3.8) is 0 Å². The van der Waals surface area contributed by atoms with Crippen molar-refractivity contribution in [1.29, 1.82) is 0 Å². The minimum Gasteiger partial charge on any atom is -0.346 e. The molecule has 116 valence electrons. The first-order chi connectivity index (χ1) is 9.31. The van der Waals surface area contributed by atoms with E-state index in [2.05, 4.69) is 11.6 Å². The van der Waals surface area contributed by atoms with Crippen LogP contribution in [0.25, 0.3) is 0 Å². The molecule has 0 spiro atoms. The number of rotatable bonds is 8. The molecule has 1 unspecified atom stereocenters. The molecular formula is C13H25N3O2S2. The highest BCUT2D eigenvalue weighted by molar-refractivity contribution is 7.99. The predicted molar refractivity (Wildman–Crippen MR) is 85.5 cm³/mol. The van der Waals surface area contributed by atoms with Gasteiger partial charge in [-0.05, 0) is 32.6 Å². The van der Waals surface area contributed by atoms with Crippen molar-refractivity contribution in [2.75, 3.05) is 12.8 Å². The van der Waals surface area contributed by atoms with Gasteiger partial charge >= 0.3 is 0 Å². The molecule has 0 aliphatic heterocycles. The summed E-state index contributed by atoms with van der Waals surface area (Å²) in [6.45, 7) is 6.87. The van der Waals surface area contributed by atoms with Gasteiger partial charge in [-0.1, -0.05) is 6.92 Å². The van der Waals surface area contributed by atoms with Crippen LogP contribution < -0.4 is 10.5 Å². The van der Waals surface area contributed by atoms with Crippen molar-refractivity contribution in [3.8, 4) is 0 Å². The summed E-state index contributed by atoms with van der Waals surface area (Å²) in [7, 11) is -3.45. The van der Waals surface area contributed by atoms with Gasteiger partial charge in [-0.3, -0.25) is 0 Å². The SMILES string of the molecule is CSC(C)CCNS(=O)(=O)c1cc(CN)n(C(C)C)c1. The molecule has 0 saturated heterocycles. The molecule has 0 radical (unpaired) electrons. The van der Waals surface area contributed by atoms with Gasteiger partial charge < -0.3 is 10.3 Å². The number of nitrogens with one attached hydrogen (secondary N) is 1. The molecule has 0 amide bonds. The number of aromatic nitrogens is 1. The largest absolute Gasteiger partial charge is 0.346 e. The molecule has 7 heteroatoms. The van der Waals surface area contributed by atoms with Crippen LogP contribution in [0.1, 0.15) is 38.9 Å². The number of thioether (sulfide) groups is 1. The summed E-state index contributed by atoms with van der Waals surface area (Å²) in [6, 6.07) is 1.84. The average molecular weight is 319 g/mol. The van der Waals surface area contributed by atoms with Crippen molar-refractivity contribution >= 4 is 21.8 Å². The standard InChI is InChI=1S/C13H25N3O2S2/c1-10(2)16-9-13(7-12(16)8-14)20(17,18)15-6-5-11(3)19-4/h7,9-11,15H,5-6,8,14H2,1-4H3. The van der Waals surface area contributed by atoms with Crippen LogP contribution in [-0.2, 0) is 16.6 Å². The van der Waals surface area contributed by atoms with Crippen LogP contribution in [0.2, 0.25) is 0 Å². The molecule has 5 nitrogen and oxygen atoms in total. The van der Waals surface area contributed by atoms with Gasteiger partial charge in [-0.2, -0.15) is 11.8 Å². The van der Waals surface area contributed by atoms with E-state index < -0.39 is 10.0 Å². The maximum Gasteiger partial charge on any atom is 0.242 e. The van der Waals surface area contributed by atoms with Crippen molar-refractivity contribution in [2.45, 2.75) is 49.9 Å². The van der Waals surface area contributed by atoms with Crippen LogP contribution in [0.15, 0.2) is 17.2 Å². The first-order valence-electron chi connectivity index (χ1n) is 6.75. The van der Waals surface area contributed by atoms with Gasteiger partial charge in [0.25, 0.3) is 0 Å². The molecule has 0 saturated carbocycles. The zero-order chi connectivity index (χ0) is 15.3. The number of sulfonamides is 1. The summed E-state index contributed by atoms with van der Waals surface area (Å²) < 4.78 is 29.0.